The van der Waals surface area contributed by atoms with Gasteiger partial charge in [0.05, 0.1) is 5.56 Å². The third-order valence-corrected chi connectivity index (χ3v) is 2.48. The predicted molar refractivity (Wildman–Crippen MR) is 68.3 cm³/mol. The predicted octanol–water partition coefficient (Wildman–Crippen LogP) is 1.98. The molecule has 2 aromatic rings. The Balaban J connectivity index is 2.50. The summed E-state index contributed by atoms with van der Waals surface area (Å²) >= 11 is 0. The molecule has 5 heteroatoms. The first-order valence-electron chi connectivity index (χ1n) is 5.67. The Morgan fingerprint density at radius 1 is 1.06 bits per heavy atom. The van der Waals surface area contributed by atoms with E-state index in [2.05, 4.69) is 9.97 Å². The number of hydrogen-bond donors (Lipinski definition) is 2. The van der Waals surface area contributed by atoms with E-state index in [0.29, 0.717) is 11.3 Å². The quantitative estimate of drug-likeness (QED) is 0.869. The molecule has 0 fully saturated rings. The number of hydrogen-bond acceptors (Lipinski definition) is 3. The Bertz CT molecular complexity index is 641. The molecule has 0 atom stereocenters. The molecular weight excluding hydrogens is 232 g/mol. The van der Waals surface area contributed by atoms with Crippen LogP contribution in [0, 0.1) is 0 Å². The lowest BCUT2D eigenvalue weighted by atomic mass is 10.1. The molecular formula is C13H14N2O3. The molecule has 2 rings (SSSR count). The Labute approximate surface area is 103 Å². The van der Waals surface area contributed by atoms with E-state index in [-0.39, 0.29) is 11.8 Å². The molecule has 1 aromatic heterocycles. The molecule has 0 aliphatic rings. The maximum Gasteiger partial charge on any atom is 0.328 e. The van der Waals surface area contributed by atoms with E-state index in [0.717, 1.165) is 0 Å². The third-order valence-electron chi connectivity index (χ3n) is 2.48. The minimum atomic E-state index is -0.574. The molecule has 0 bridgehead atoms. The smallest absolute Gasteiger partial charge is 0.328 e. The van der Waals surface area contributed by atoms with Crippen LogP contribution in [-0.2, 0) is 0 Å². The van der Waals surface area contributed by atoms with Crippen molar-refractivity contribution < 1.29 is 4.74 Å². The number of nitrogens with one attached hydrogen (secondary N) is 2. The van der Waals surface area contributed by atoms with E-state index >= 15 is 0 Å². The highest BCUT2D eigenvalue weighted by Crippen LogP contribution is 2.24. The fraction of sp³-hybridized carbons (Fsp3) is 0.231. The zero-order valence-electron chi connectivity index (χ0n) is 10.2. The Morgan fingerprint density at radius 3 is 2.33 bits per heavy atom. The largest absolute Gasteiger partial charge is 0.440 e. The van der Waals surface area contributed by atoms with E-state index < -0.39 is 11.2 Å². The van der Waals surface area contributed by atoms with Crippen LogP contribution in [0.15, 0.2) is 39.9 Å². The van der Waals surface area contributed by atoms with Crippen LogP contribution >= 0.6 is 0 Å². The highest BCUT2D eigenvalue weighted by atomic mass is 16.5. The van der Waals surface area contributed by atoms with Gasteiger partial charge in [-0.15, -0.1) is 0 Å². The molecule has 5 nitrogen and oxygen atoms in total. The lowest BCUT2D eigenvalue weighted by molar-refractivity contribution is 0.447. The van der Waals surface area contributed by atoms with Gasteiger partial charge in [0.25, 0.3) is 5.56 Å². The highest BCUT2D eigenvalue weighted by molar-refractivity contribution is 5.32. The van der Waals surface area contributed by atoms with Crippen LogP contribution in [0.25, 0.3) is 0 Å². The van der Waals surface area contributed by atoms with Crippen LogP contribution in [0.1, 0.15) is 25.3 Å². The number of aromatic nitrogens is 2. The molecule has 0 aliphatic heterocycles. The molecule has 1 aromatic carbocycles. The van der Waals surface area contributed by atoms with Crippen molar-refractivity contribution in [2.75, 3.05) is 0 Å². The molecule has 0 aliphatic carbocycles. The van der Waals surface area contributed by atoms with Crippen molar-refractivity contribution in [3.63, 3.8) is 0 Å². The first-order chi connectivity index (χ1) is 8.58. The summed E-state index contributed by atoms with van der Waals surface area (Å²) in [6.45, 7) is 3.72. The van der Waals surface area contributed by atoms with Crippen molar-refractivity contribution in [2.24, 2.45) is 0 Å². The summed E-state index contributed by atoms with van der Waals surface area (Å²) in [6.07, 6.45) is 0. The van der Waals surface area contributed by atoms with Crippen molar-refractivity contribution in [3.8, 4) is 11.6 Å². The van der Waals surface area contributed by atoms with Crippen LogP contribution in [0.4, 0.5) is 0 Å². The number of H-pyrrole nitrogens is 2. The molecule has 0 saturated heterocycles. The van der Waals surface area contributed by atoms with E-state index in [1.165, 1.54) is 0 Å². The van der Waals surface area contributed by atoms with Gasteiger partial charge in [0.2, 0.25) is 5.88 Å². The van der Waals surface area contributed by atoms with Gasteiger partial charge in [-0.05, 0) is 18.1 Å². The maximum absolute atomic E-state index is 11.7. The van der Waals surface area contributed by atoms with E-state index in [9.17, 15) is 9.59 Å². The van der Waals surface area contributed by atoms with Gasteiger partial charge < -0.3 is 4.74 Å². The number of aromatic amines is 2. The van der Waals surface area contributed by atoms with Crippen LogP contribution in [-0.4, -0.2) is 9.97 Å². The van der Waals surface area contributed by atoms with Crippen LogP contribution < -0.4 is 16.0 Å². The molecule has 18 heavy (non-hydrogen) atoms. The molecule has 0 radical (unpaired) electrons. The van der Waals surface area contributed by atoms with E-state index in [1.54, 1.807) is 12.1 Å². The SMILES string of the molecule is CC(C)c1c(Oc2ccccc2)[nH]c(=O)[nH]c1=O. The topological polar surface area (TPSA) is 75.0 Å². The lowest BCUT2D eigenvalue weighted by Gasteiger charge is -2.11. The summed E-state index contributed by atoms with van der Waals surface area (Å²) < 4.78 is 5.56. The van der Waals surface area contributed by atoms with Gasteiger partial charge >= 0.3 is 5.69 Å². The number of para-hydroxylation sites is 1. The van der Waals surface area contributed by atoms with Gasteiger partial charge in [-0.2, -0.15) is 0 Å². The minimum Gasteiger partial charge on any atom is -0.440 e. The second-order valence-corrected chi connectivity index (χ2v) is 4.22. The molecule has 1 heterocycles. The molecule has 0 saturated carbocycles. The van der Waals surface area contributed by atoms with E-state index in [1.807, 2.05) is 32.0 Å². The zero-order chi connectivity index (χ0) is 13.1. The molecule has 0 spiro atoms. The first kappa shape index (κ1) is 12.2. The van der Waals surface area contributed by atoms with Gasteiger partial charge in [0.15, 0.2) is 0 Å². The van der Waals surface area contributed by atoms with Crippen molar-refractivity contribution in [1.82, 2.24) is 9.97 Å². The number of rotatable bonds is 3. The standard InChI is InChI=1S/C13H14N2O3/c1-8(2)10-11(16)14-13(17)15-12(10)18-9-6-4-3-5-7-9/h3-8H,1-2H3,(H2,14,15,16,17). The Morgan fingerprint density at radius 2 is 1.72 bits per heavy atom. The van der Waals surface area contributed by atoms with Gasteiger partial charge in [0.1, 0.15) is 5.75 Å². The maximum atomic E-state index is 11.7. The van der Waals surface area contributed by atoms with Crippen LogP contribution in [0.5, 0.6) is 11.6 Å². The molecule has 0 unspecified atom stereocenters. The van der Waals surface area contributed by atoms with Crippen molar-refractivity contribution in [3.05, 3.63) is 56.7 Å². The Kier molecular flexibility index (Phi) is 3.32. The van der Waals surface area contributed by atoms with Gasteiger partial charge in [0, 0.05) is 0 Å². The van der Waals surface area contributed by atoms with Crippen molar-refractivity contribution in [1.29, 1.82) is 0 Å². The van der Waals surface area contributed by atoms with Crippen LogP contribution in [0.2, 0.25) is 0 Å². The normalized spacial score (nSPS) is 10.6. The summed E-state index contributed by atoms with van der Waals surface area (Å²) in [7, 11) is 0. The van der Waals surface area contributed by atoms with Gasteiger partial charge in [-0.1, -0.05) is 32.0 Å². The van der Waals surface area contributed by atoms with Crippen LogP contribution in [0.3, 0.4) is 0 Å². The average molecular weight is 246 g/mol. The van der Waals surface area contributed by atoms with Gasteiger partial charge in [-0.25, -0.2) is 4.79 Å². The lowest BCUT2D eigenvalue weighted by Crippen LogP contribution is -2.26. The second-order valence-electron chi connectivity index (χ2n) is 4.22. The first-order valence-corrected chi connectivity index (χ1v) is 5.67. The zero-order valence-corrected chi connectivity index (χ0v) is 10.2. The summed E-state index contributed by atoms with van der Waals surface area (Å²) in [4.78, 5) is 27.7. The number of ether oxygens (including phenoxy) is 1. The van der Waals surface area contributed by atoms with E-state index in [4.69, 9.17) is 4.74 Å². The van der Waals surface area contributed by atoms with Crippen molar-refractivity contribution in [2.45, 2.75) is 19.8 Å². The fourth-order valence-electron chi connectivity index (χ4n) is 1.69. The Hall–Kier alpha value is -2.30. The summed E-state index contributed by atoms with van der Waals surface area (Å²) in [5.74, 6) is 0.718. The fourth-order valence-corrected chi connectivity index (χ4v) is 1.69. The summed E-state index contributed by atoms with van der Waals surface area (Å²) in [5.41, 5.74) is -0.562. The summed E-state index contributed by atoms with van der Waals surface area (Å²) in [5, 5.41) is 0. The second kappa shape index (κ2) is 4.91. The molecule has 0 amide bonds. The average Bonchev–Trinajstić information content (AvgIpc) is 2.28. The minimum absolute atomic E-state index is 0.0516. The highest BCUT2D eigenvalue weighted by Gasteiger charge is 2.14. The summed E-state index contributed by atoms with van der Waals surface area (Å²) in [6, 6.07) is 9.00. The monoisotopic (exact) mass is 246 g/mol. The van der Waals surface area contributed by atoms with Crippen molar-refractivity contribution >= 4 is 0 Å². The third kappa shape index (κ3) is 2.51. The molecule has 2 N–H and O–H groups in total. The van der Waals surface area contributed by atoms with Gasteiger partial charge in [-0.3, -0.25) is 14.8 Å². The number of benzene rings is 1. The molecule has 94 valence electrons.